The van der Waals surface area contributed by atoms with Crippen LogP contribution in [0.3, 0.4) is 0 Å². The van der Waals surface area contributed by atoms with Crippen molar-refractivity contribution < 1.29 is 4.84 Å². The van der Waals surface area contributed by atoms with Crippen molar-refractivity contribution in [3.05, 3.63) is 35.4 Å². The quantitative estimate of drug-likeness (QED) is 0.843. The van der Waals surface area contributed by atoms with Gasteiger partial charge >= 0.3 is 0 Å². The first-order valence-electron chi connectivity index (χ1n) is 6.97. The average molecular weight is 262 g/mol. The van der Waals surface area contributed by atoms with Crippen molar-refractivity contribution >= 4 is 0 Å². The van der Waals surface area contributed by atoms with Crippen molar-refractivity contribution in [2.24, 2.45) is 0 Å². The fourth-order valence-corrected chi connectivity index (χ4v) is 1.95. The monoisotopic (exact) mass is 262 g/mol. The zero-order valence-electron chi connectivity index (χ0n) is 12.9. The molecular formula is C16H26N2O. The number of benzene rings is 1. The standard InChI is InChI=1S/C16H26N2O/c1-15(2,3)17-11-12-7-9-13(10-8-12)14-18(19-14)16(4,5)6/h7-10,14,17H,11H2,1-6H3/t14-,18?/m1/s1. The van der Waals surface area contributed by atoms with Crippen LogP contribution < -0.4 is 5.32 Å². The molecule has 1 unspecified atom stereocenters. The third kappa shape index (κ3) is 4.03. The predicted octanol–water partition coefficient (Wildman–Crippen LogP) is 3.62. The molecule has 19 heavy (non-hydrogen) atoms. The molecule has 0 aromatic heterocycles. The fourth-order valence-electron chi connectivity index (χ4n) is 1.95. The molecule has 106 valence electrons. The molecule has 2 atom stereocenters. The van der Waals surface area contributed by atoms with Crippen LogP contribution in [0.15, 0.2) is 24.3 Å². The molecule has 1 fully saturated rings. The number of rotatable bonds is 3. The minimum atomic E-state index is 0.0666. The van der Waals surface area contributed by atoms with Crippen molar-refractivity contribution in [2.45, 2.75) is 65.4 Å². The SMILES string of the molecule is CC(C)(C)NCc1ccc([C@H]2ON2C(C)(C)C)cc1. The Balaban J connectivity index is 1.93. The Labute approximate surface area is 116 Å². The Kier molecular flexibility index (Phi) is 3.74. The van der Waals surface area contributed by atoms with Gasteiger partial charge in [-0.3, -0.25) is 4.84 Å². The van der Waals surface area contributed by atoms with E-state index in [0.717, 1.165) is 6.54 Å². The molecule has 1 heterocycles. The lowest BCUT2D eigenvalue weighted by molar-refractivity contribution is 0.101. The van der Waals surface area contributed by atoms with Gasteiger partial charge in [0.15, 0.2) is 6.23 Å². The van der Waals surface area contributed by atoms with E-state index in [4.69, 9.17) is 4.84 Å². The first kappa shape index (κ1) is 14.5. The van der Waals surface area contributed by atoms with E-state index < -0.39 is 0 Å². The molecule has 0 amide bonds. The molecule has 1 aliphatic heterocycles. The Hall–Kier alpha value is -0.900. The maximum atomic E-state index is 5.64. The highest BCUT2D eigenvalue weighted by Gasteiger charge is 2.45. The highest BCUT2D eigenvalue weighted by molar-refractivity contribution is 5.25. The minimum absolute atomic E-state index is 0.0666. The van der Waals surface area contributed by atoms with Gasteiger partial charge in [-0.2, -0.15) is 0 Å². The van der Waals surface area contributed by atoms with Crippen LogP contribution in [0.4, 0.5) is 0 Å². The normalized spacial score (nSPS) is 23.5. The molecule has 1 saturated heterocycles. The lowest BCUT2D eigenvalue weighted by atomic mass is 10.1. The topological polar surface area (TPSA) is 27.6 Å². The molecule has 0 radical (unpaired) electrons. The van der Waals surface area contributed by atoms with Gasteiger partial charge in [0.25, 0.3) is 0 Å². The number of hydrogen-bond donors (Lipinski definition) is 1. The maximum absolute atomic E-state index is 5.64. The number of hydroxylamine groups is 2. The molecule has 0 spiro atoms. The Morgan fingerprint density at radius 3 is 2.05 bits per heavy atom. The second-order valence-electron chi connectivity index (χ2n) is 7.30. The average Bonchev–Trinajstić information content (AvgIpc) is 3.05. The summed E-state index contributed by atoms with van der Waals surface area (Å²) in [6, 6.07) is 8.68. The van der Waals surface area contributed by atoms with E-state index in [1.165, 1.54) is 11.1 Å². The number of nitrogens with zero attached hydrogens (tertiary/aromatic N) is 1. The van der Waals surface area contributed by atoms with Gasteiger partial charge in [-0.25, -0.2) is 0 Å². The summed E-state index contributed by atoms with van der Waals surface area (Å²) in [4.78, 5) is 5.64. The van der Waals surface area contributed by atoms with Crippen LogP contribution >= 0.6 is 0 Å². The Bertz CT molecular complexity index is 426. The first-order chi connectivity index (χ1) is 8.67. The van der Waals surface area contributed by atoms with Crippen molar-refractivity contribution in [1.82, 2.24) is 10.4 Å². The lowest BCUT2D eigenvalue weighted by Crippen LogP contribution is -2.35. The molecule has 2 rings (SSSR count). The van der Waals surface area contributed by atoms with Gasteiger partial charge in [-0.05, 0) is 52.7 Å². The lowest BCUT2D eigenvalue weighted by Gasteiger charge is -2.20. The summed E-state index contributed by atoms with van der Waals surface area (Å²) in [5, 5.41) is 5.53. The van der Waals surface area contributed by atoms with Crippen molar-refractivity contribution in [1.29, 1.82) is 0 Å². The molecule has 0 saturated carbocycles. The molecular weight excluding hydrogens is 236 g/mol. The van der Waals surface area contributed by atoms with E-state index in [-0.39, 0.29) is 17.3 Å². The second-order valence-corrected chi connectivity index (χ2v) is 7.30. The van der Waals surface area contributed by atoms with E-state index in [1.807, 2.05) is 5.06 Å². The van der Waals surface area contributed by atoms with Crippen LogP contribution in [-0.4, -0.2) is 16.1 Å². The van der Waals surface area contributed by atoms with E-state index in [2.05, 4.69) is 71.1 Å². The molecule has 0 aliphatic carbocycles. The van der Waals surface area contributed by atoms with Crippen molar-refractivity contribution in [3.8, 4) is 0 Å². The highest BCUT2D eigenvalue weighted by Crippen LogP contribution is 2.43. The maximum Gasteiger partial charge on any atom is 0.180 e. The number of nitrogens with one attached hydrogen (secondary N) is 1. The van der Waals surface area contributed by atoms with Crippen LogP contribution in [0.5, 0.6) is 0 Å². The van der Waals surface area contributed by atoms with E-state index in [1.54, 1.807) is 0 Å². The van der Waals surface area contributed by atoms with Crippen molar-refractivity contribution in [2.75, 3.05) is 0 Å². The molecule has 1 aromatic carbocycles. The third-order valence-electron chi connectivity index (χ3n) is 3.13. The zero-order chi connectivity index (χ0) is 14.3. The Morgan fingerprint density at radius 2 is 1.63 bits per heavy atom. The van der Waals surface area contributed by atoms with Gasteiger partial charge in [0, 0.05) is 17.6 Å². The summed E-state index contributed by atoms with van der Waals surface area (Å²) in [6.45, 7) is 13.9. The van der Waals surface area contributed by atoms with Crippen LogP contribution in [-0.2, 0) is 11.4 Å². The smallest absolute Gasteiger partial charge is 0.180 e. The van der Waals surface area contributed by atoms with E-state index in [0.29, 0.717) is 0 Å². The van der Waals surface area contributed by atoms with Crippen molar-refractivity contribution in [3.63, 3.8) is 0 Å². The van der Waals surface area contributed by atoms with Gasteiger partial charge in [-0.15, -0.1) is 5.06 Å². The summed E-state index contributed by atoms with van der Waals surface area (Å²) in [6.07, 6.45) is 0.129. The van der Waals surface area contributed by atoms with E-state index in [9.17, 15) is 0 Å². The summed E-state index contributed by atoms with van der Waals surface area (Å²) in [5.74, 6) is 0. The molecule has 1 N–H and O–H groups in total. The van der Waals surface area contributed by atoms with Gasteiger partial charge < -0.3 is 5.32 Å². The summed E-state index contributed by atoms with van der Waals surface area (Å²) >= 11 is 0. The predicted molar refractivity (Wildman–Crippen MR) is 78.5 cm³/mol. The molecule has 1 aliphatic rings. The zero-order valence-corrected chi connectivity index (χ0v) is 12.9. The number of hydrogen-bond acceptors (Lipinski definition) is 3. The molecule has 0 bridgehead atoms. The first-order valence-corrected chi connectivity index (χ1v) is 6.97. The molecule has 3 nitrogen and oxygen atoms in total. The highest BCUT2D eigenvalue weighted by atomic mass is 16.8. The summed E-state index contributed by atoms with van der Waals surface area (Å²) in [5.41, 5.74) is 2.76. The Morgan fingerprint density at radius 1 is 1.05 bits per heavy atom. The largest absolute Gasteiger partial charge is 0.308 e. The summed E-state index contributed by atoms with van der Waals surface area (Å²) < 4.78 is 0. The van der Waals surface area contributed by atoms with Crippen LogP contribution in [0.1, 0.15) is 58.9 Å². The fraction of sp³-hybridized carbons (Fsp3) is 0.625. The third-order valence-corrected chi connectivity index (χ3v) is 3.13. The molecule has 1 aromatic rings. The minimum Gasteiger partial charge on any atom is -0.308 e. The van der Waals surface area contributed by atoms with Gasteiger partial charge in [0.05, 0.1) is 0 Å². The van der Waals surface area contributed by atoms with Gasteiger partial charge in [0.1, 0.15) is 0 Å². The van der Waals surface area contributed by atoms with Gasteiger partial charge in [-0.1, -0.05) is 24.3 Å². The van der Waals surface area contributed by atoms with Crippen LogP contribution in [0.2, 0.25) is 0 Å². The molecule has 3 heteroatoms. The van der Waals surface area contributed by atoms with Gasteiger partial charge in [0.2, 0.25) is 0 Å². The second kappa shape index (κ2) is 4.89. The van der Waals surface area contributed by atoms with E-state index >= 15 is 0 Å². The summed E-state index contributed by atoms with van der Waals surface area (Å²) in [7, 11) is 0. The van der Waals surface area contributed by atoms with Crippen LogP contribution in [0, 0.1) is 0 Å². The van der Waals surface area contributed by atoms with Crippen LogP contribution in [0.25, 0.3) is 0 Å².